The highest BCUT2D eigenvalue weighted by Crippen LogP contribution is 2.21. The Balaban J connectivity index is 1.64. The Hall–Kier alpha value is -1.72. The maximum absolute atomic E-state index is 12.3. The highest BCUT2D eigenvalue weighted by atomic mass is 16.5. The molecule has 21 heavy (non-hydrogen) atoms. The molecule has 1 aromatic rings. The number of quaternary nitrogens is 1. The quantitative estimate of drug-likeness (QED) is 0.795. The number of imide groups is 1. The molecule has 1 N–H and O–H groups in total. The Morgan fingerprint density at radius 2 is 1.62 bits per heavy atom. The Morgan fingerprint density at radius 1 is 1.10 bits per heavy atom. The number of amides is 2. The predicted octanol–water partition coefficient (Wildman–Crippen LogP) is -0.0253. The molecule has 0 spiro atoms. The zero-order valence-electron chi connectivity index (χ0n) is 12.5. The molecule has 0 aromatic heterocycles. The molecule has 5 nitrogen and oxygen atoms in total. The molecule has 2 atom stereocenters. The summed E-state index contributed by atoms with van der Waals surface area (Å²) in [5, 5.41) is 0. The largest absolute Gasteiger partial charge is 0.364 e. The molecule has 2 aliphatic rings. The van der Waals surface area contributed by atoms with Gasteiger partial charge in [-0.2, -0.15) is 0 Å². The number of morpholine rings is 1. The maximum Gasteiger partial charge on any atom is 0.261 e. The topological polar surface area (TPSA) is 51.0 Å². The molecule has 1 aromatic carbocycles. The van der Waals surface area contributed by atoms with Gasteiger partial charge in [0.05, 0.1) is 24.2 Å². The van der Waals surface area contributed by atoms with Crippen LogP contribution in [-0.4, -0.2) is 55.1 Å². The number of benzene rings is 1. The van der Waals surface area contributed by atoms with Crippen LogP contribution in [0.15, 0.2) is 24.3 Å². The molecule has 0 radical (unpaired) electrons. The van der Waals surface area contributed by atoms with Crippen molar-refractivity contribution in [1.82, 2.24) is 4.90 Å². The second kappa shape index (κ2) is 5.58. The number of carbonyl (C=O) groups excluding carboxylic acids is 2. The lowest BCUT2D eigenvalue weighted by molar-refractivity contribution is -0.914. The van der Waals surface area contributed by atoms with Crippen molar-refractivity contribution >= 4 is 11.8 Å². The van der Waals surface area contributed by atoms with Crippen LogP contribution in [0.2, 0.25) is 0 Å². The Morgan fingerprint density at radius 3 is 2.14 bits per heavy atom. The summed E-state index contributed by atoms with van der Waals surface area (Å²) in [6, 6.07) is 7.04. The lowest BCUT2D eigenvalue weighted by atomic mass is 10.1. The summed E-state index contributed by atoms with van der Waals surface area (Å²) >= 11 is 0. The molecule has 0 bridgehead atoms. The van der Waals surface area contributed by atoms with E-state index in [1.54, 1.807) is 24.3 Å². The van der Waals surface area contributed by atoms with Crippen LogP contribution in [0.25, 0.3) is 0 Å². The van der Waals surface area contributed by atoms with E-state index in [1.807, 2.05) is 0 Å². The molecule has 0 unspecified atom stereocenters. The van der Waals surface area contributed by atoms with Gasteiger partial charge in [0.15, 0.2) is 0 Å². The average Bonchev–Trinajstić information content (AvgIpc) is 2.69. The van der Waals surface area contributed by atoms with Crippen molar-refractivity contribution in [2.45, 2.75) is 26.1 Å². The molecule has 112 valence electrons. The molecule has 2 aliphatic heterocycles. The Bertz CT molecular complexity index is 527. The van der Waals surface area contributed by atoms with E-state index in [9.17, 15) is 9.59 Å². The normalized spacial score (nSPS) is 28.9. The van der Waals surface area contributed by atoms with Gasteiger partial charge in [-0.25, -0.2) is 0 Å². The van der Waals surface area contributed by atoms with E-state index < -0.39 is 0 Å². The van der Waals surface area contributed by atoms with Crippen molar-refractivity contribution in [1.29, 1.82) is 0 Å². The van der Waals surface area contributed by atoms with E-state index in [0.29, 0.717) is 17.7 Å². The van der Waals surface area contributed by atoms with Crippen LogP contribution >= 0.6 is 0 Å². The minimum Gasteiger partial charge on any atom is -0.364 e. The zero-order chi connectivity index (χ0) is 15.0. The van der Waals surface area contributed by atoms with E-state index in [0.717, 1.165) is 19.6 Å². The van der Waals surface area contributed by atoms with Crippen molar-refractivity contribution < 1.29 is 19.2 Å². The third kappa shape index (κ3) is 2.71. The molecular weight excluding hydrogens is 268 g/mol. The van der Waals surface area contributed by atoms with Crippen molar-refractivity contribution in [2.75, 3.05) is 26.2 Å². The fourth-order valence-electron chi connectivity index (χ4n) is 3.31. The van der Waals surface area contributed by atoms with Gasteiger partial charge >= 0.3 is 0 Å². The lowest BCUT2D eigenvalue weighted by Gasteiger charge is -2.33. The van der Waals surface area contributed by atoms with E-state index >= 15 is 0 Å². The summed E-state index contributed by atoms with van der Waals surface area (Å²) in [7, 11) is 0. The zero-order valence-corrected chi connectivity index (χ0v) is 12.5. The van der Waals surface area contributed by atoms with E-state index in [1.165, 1.54) is 9.80 Å². The minimum atomic E-state index is -0.163. The lowest BCUT2D eigenvalue weighted by Crippen LogP contribution is -3.16. The van der Waals surface area contributed by atoms with Crippen LogP contribution in [0.4, 0.5) is 0 Å². The van der Waals surface area contributed by atoms with Gasteiger partial charge in [0.1, 0.15) is 25.3 Å². The second-order valence-corrected chi connectivity index (χ2v) is 5.97. The SMILES string of the molecule is C[C@@H]1C[NH+](CCN2C(=O)c3ccccc3C2=O)C[C@@H](C)O1. The van der Waals surface area contributed by atoms with Gasteiger partial charge in [0.25, 0.3) is 11.8 Å². The summed E-state index contributed by atoms with van der Waals surface area (Å²) in [5.74, 6) is -0.325. The first kappa shape index (κ1) is 14.2. The van der Waals surface area contributed by atoms with Crippen LogP contribution in [-0.2, 0) is 4.74 Å². The summed E-state index contributed by atoms with van der Waals surface area (Å²) in [4.78, 5) is 27.3. The highest BCUT2D eigenvalue weighted by molar-refractivity contribution is 6.21. The molecule has 0 aliphatic carbocycles. The van der Waals surface area contributed by atoms with Crippen molar-refractivity contribution in [3.63, 3.8) is 0 Å². The number of nitrogens with one attached hydrogen (secondary N) is 1. The number of fused-ring (bicyclic) bond motifs is 1. The van der Waals surface area contributed by atoms with Crippen molar-refractivity contribution in [3.05, 3.63) is 35.4 Å². The van der Waals surface area contributed by atoms with Crippen LogP contribution < -0.4 is 4.90 Å². The van der Waals surface area contributed by atoms with E-state index in [4.69, 9.17) is 4.74 Å². The van der Waals surface area contributed by atoms with Gasteiger partial charge in [0, 0.05) is 0 Å². The average molecular weight is 289 g/mol. The number of carbonyl (C=O) groups is 2. The third-order valence-electron chi connectivity index (χ3n) is 4.18. The second-order valence-electron chi connectivity index (χ2n) is 5.97. The Labute approximate surface area is 124 Å². The summed E-state index contributed by atoms with van der Waals surface area (Å²) < 4.78 is 5.71. The molecule has 3 rings (SSSR count). The molecule has 1 saturated heterocycles. The third-order valence-corrected chi connectivity index (χ3v) is 4.18. The first-order chi connectivity index (χ1) is 10.1. The summed E-state index contributed by atoms with van der Waals surface area (Å²) in [6.45, 7) is 7.24. The number of hydrogen-bond acceptors (Lipinski definition) is 3. The van der Waals surface area contributed by atoms with E-state index in [-0.39, 0.29) is 24.0 Å². The summed E-state index contributed by atoms with van der Waals surface area (Å²) in [6.07, 6.45) is 0.455. The minimum absolute atomic E-state index is 0.163. The van der Waals surface area contributed by atoms with E-state index in [2.05, 4.69) is 13.8 Å². The van der Waals surface area contributed by atoms with Crippen molar-refractivity contribution in [2.24, 2.45) is 0 Å². The van der Waals surface area contributed by atoms with Crippen LogP contribution in [0.1, 0.15) is 34.6 Å². The van der Waals surface area contributed by atoms with Gasteiger partial charge in [-0.15, -0.1) is 0 Å². The first-order valence-corrected chi connectivity index (χ1v) is 7.50. The number of rotatable bonds is 3. The van der Waals surface area contributed by atoms with Crippen LogP contribution in [0.5, 0.6) is 0 Å². The number of nitrogens with zero attached hydrogens (tertiary/aromatic N) is 1. The van der Waals surface area contributed by atoms with Gasteiger partial charge in [-0.1, -0.05) is 12.1 Å². The molecular formula is C16H21N2O3+. The van der Waals surface area contributed by atoms with Gasteiger partial charge in [0.2, 0.25) is 0 Å². The van der Waals surface area contributed by atoms with Gasteiger partial charge in [-0.3, -0.25) is 14.5 Å². The van der Waals surface area contributed by atoms with Gasteiger partial charge < -0.3 is 9.64 Å². The number of ether oxygens (including phenoxy) is 1. The maximum atomic E-state index is 12.3. The first-order valence-electron chi connectivity index (χ1n) is 7.50. The fourth-order valence-corrected chi connectivity index (χ4v) is 3.31. The Kier molecular flexibility index (Phi) is 3.78. The predicted molar refractivity (Wildman–Crippen MR) is 77.4 cm³/mol. The molecule has 0 saturated carbocycles. The van der Waals surface area contributed by atoms with Crippen molar-refractivity contribution in [3.8, 4) is 0 Å². The molecule has 2 amide bonds. The molecule has 1 fully saturated rings. The summed E-state index contributed by atoms with van der Waals surface area (Å²) in [5.41, 5.74) is 1.06. The fraction of sp³-hybridized carbons (Fsp3) is 0.500. The van der Waals surface area contributed by atoms with Crippen LogP contribution in [0, 0.1) is 0 Å². The smallest absolute Gasteiger partial charge is 0.261 e. The number of hydrogen-bond donors (Lipinski definition) is 1. The highest BCUT2D eigenvalue weighted by Gasteiger charge is 2.36. The van der Waals surface area contributed by atoms with Gasteiger partial charge in [-0.05, 0) is 26.0 Å². The monoisotopic (exact) mass is 289 g/mol. The molecule has 2 heterocycles. The standard InChI is InChI=1S/C16H20N2O3/c1-11-9-17(10-12(2)21-11)7-8-18-15(19)13-5-3-4-6-14(13)16(18)20/h3-6,11-12H,7-10H2,1-2H3/p+1/t11-,12-/m1/s1. The van der Waals surface area contributed by atoms with Crippen LogP contribution in [0.3, 0.4) is 0 Å². The molecule has 5 heteroatoms.